The van der Waals surface area contributed by atoms with Gasteiger partial charge in [-0.25, -0.2) is 0 Å². The smallest absolute Gasteiger partial charge is 0.174 e. The largest absolute Gasteiger partial charge is 0.457 e. The number of hydrogen-bond acceptors (Lipinski definition) is 3. The molecule has 0 saturated carbocycles. The summed E-state index contributed by atoms with van der Waals surface area (Å²) in [7, 11) is 0. The molecular weight excluding hydrogens is 555 g/mol. The highest BCUT2D eigenvalue weighted by Crippen LogP contribution is 2.45. The Balaban J connectivity index is 1.53. The van der Waals surface area contributed by atoms with Crippen molar-refractivity contribution in [1.82, 2.24) is 15.3 Å². The summed E-state index contributed by atoms with van der Waals surface area (Å²) in [5.74, 6) is 1.65. The second-order valence-electron chi connectivity index (χ2n) is 8.46. The first-order valence-electron chi connectivity index (χ1n) is 11.1. The maximum atomic E-state index is 6.11. The topological polar surface area (TPSA) is 53.2 Å². The Morgan fingerprint density at radius 3 is 2.32 bits per heavy atom. The molecule has 2 aromatic heterocycles. The summed E-state index contributed by atoms with van der Waals surface area (Å²) >= 11 is 8.30. The van der Waals surface area contributed by atoms with Gasteiger partial charge in [0.2, 0.25) is 0 Å². The lowest BCUT2D eigenvalue weighted by atomic mass is 9.96. The van der Waals surface area contributed by atoms with Gasteiger partial charge in [-0.1, -0.05) is 24.3 Å². The van der Waals surface area contributed by atoms with Gasteiger partial charge in [0.25, 0.3) is 0 Å². The van der Waals surface area contributed by atoms with E-state index in [-0.39, 0.29) is 12.1 Å². The van der Waals surface area contributed by atoms with Gasteiger partial charge in [-0.15, -0.1) is 0 Å². The third-order valence-corrected chi connectivity index (χ3v) is 7.88. The van der Waals surface area contributed by atoms with Crippen LogP contribution in [0.15, 0.2) is 72.9 Å². The zero-order valence-corrected chi connectivity index (χ0v) is 22.1. The maximum absolute atomic E-state index is 6.11. The molecule has 2 N–H and O–H groups in total. The number of aryl methyl sites for hydroxylation is 3. The third-order valence-electron chi connectivity index (χ3n) is 6.17. The number of ether oxygens (including phenoxy) is 1. The number of para-hydroxylation sites is 1. The molecule has 2 atom stereocenters. The Morgan fingerprint density at radius 1 is 0.941 bits per heavy atom. The highest BCUT2D eigenvalue weighted by molar-refractivity contribution is 14.1. The van der Waals surface area contributed by atoms with Crippen molar-refractivity contribution < 1.29 is 4.74 Å². The SMILES string of the molecule is Cc1ccccc1Oc1ccc(N2C(=S)N[C@@H](c3ccccn3)[C@H]2c2c(C)[nH]c(C)c2I)cc1. The molecule has 172 valence electrons. The van der Waals surface area contributed by atoms with Crippen molar-refractivity contribution in [2.45, 2.75) is 32.9 Å². The van der Waals surface area contributed by atoms with E-state index in [1.165, 1.54) is 9.13 Å². The van der Waals surface area contributed by atoms with E-state index < -0.39 is 0 Å². The van der Waals surface area contributed by atoms with Crippen LogP contribution in [0.4, 0.5) is 5.69 Å². The minimum absolute atomic E-state index is 0.0395. The highest BCUT2D eigenvalue weighted by atomic mass is 127. The Bertz CT molecular complexity index is 1340. The fourth-order valence-corrected chi connectivity index (χ4v) is 5.72. The molecule has 1 aliphatic rings. The summed E-state index contributed by atoms with van der Waals surface area (Å²) < 4.78 is 7.33. The van der Waals surface area contributed by atoms with Gasteiger partial charge in [0.05, 0.1) is 17.8 Å². The van der Waals surface area contributed by atoms with Crippen molar-refractivity contribution in [3.8, 4) is 11.5 Å². The molecule has 0 unspecified atom stereocenters. The van der Waals surface area contributed by atoms with Crippen LogP contribution in [0, 0.1) is 24.3 Å². The van der Waals surface area contributed by atoms with Crippen molar-refractivity contribution in [2.75, 3.05) is 4.90 Å². The standard InChI is InChI=1S/C27H25IN4OS/c1-16-8-4-5-10-22(16)33-20-13-11-19(12-14-20)32-26(23-17(2)30-18(3)24(23)28)25(31-27(32)34)21-9-6-7-15-29-21/h4-15,25-26,30H,1-3H3,(H,31,34)/t25-,26+/m0/s1. The van der Waals surface area contributed by atoms with Crippen molar-refractivity contribution in [1.29, 1.82) is 0 Å². The molecule has 1 saturated heterocycles. The quantitative estimate of drug-likeness (QED) is 0.199. The predicted molar refractivity (Wildman–Crippen MR) is 149 cm³/mol. The Labute approximate surface area is 218 Å². The average Bonchev–Trinajstić information content (AvgIpc) is 3.30. The Hall–Kier alpha value is -2.91. The number of nitrogens with one attached hydrogen (secondary N) is 2. The lowest BCUT2D eigenvalue weighted by Crippen LogP contribution is -2.29. The number of pyridine rings is 1. The molecule has 0 bridgehead atoms. The molecule has 34 heavy (non-hydrogen) atoms. The molecule has 1 aliphatic heterocycles. The molecule has 2 aromatic carbocycles. The van der Waals surface area contributed by atoms with Gasteiger partial charge in [0.1, 0.15) is 11.5 Å². The average molecular weight is 580 g/mol. The summed E-state index contributed by atoms with van der Waals surface area (Å²) in [6.07, 6.45) is 1.83. The van der Waals surface area contributed by atoms with Crippen molar-refractivity contribution in [3.63, 3.8) is 0 Å². The molecule has 0 aliphatic carbocycles. The zero-order valence-electron chi connectivity index (χ0n) is 19.2. The minimum atomic E-state index is -0.0704. The van der Waals surface area contributed by atoms with Crippen LogP contribution in [0.5, 0.6) is 11.5 Å². The summed E-state index contributed by atoms with van der Waals surface area (Å²) in [5.41, 5.74) is 6.61. The van der Waals surface area contributed by atoms with Crippen LogP contribution in [0.25, 0.3) is 0 Å². The van der Waals surface area contributed by atoms with Gasteiger partial charge in [-0.05, 0) is 104 Å². The zero-order chi connectivity index (χ0) is 23.8. The van der Waals surface area contributed by atoms with Crippen LogP contribution in [0.2, 0.25) is 0 Å². The first-order chi connectivity index (χ1) is 16.4. The fourth-order valence-electron chi connectivity index (χ4n) is 4.52. The van der Waals surface area contributed by atoms with E-state index in [0.29, 0.717) is 5.11 Å². The van der Waals surface area contributed by atoms with Gasteiger partial charge in [0.15, 0.2) is 5.11 Å². The molecule has 7 heteroatoms. The molecule has 1 fully saturated rings. The van der Waals surface area contributed by atoms with Crippen molar-refractivity contribution in [2.24, 2.45) is 0 Å². The van der Waals surface area contributed by atoms with E-state index in [4.69, 9.17) is 17.0 Å². The van der Waals surface area contributed by atoms with E-state index in [1.807, 2.05) is 61.7 Å². The first kappa shape index (κ1) is 22.9. The molecule has 0 radical (unpaired) electrons. The minimum Gasteiger partial charge on any atom is -0.457 e. The van der Waals surface area contributed by atoms with Crippen molar-refractivity contribution >= 4 is 45.6 Å². The van der Waals surface area contributed by atoms with E-state index in [1.54, 1.807) is 0 Å². The monoisotopic (exact) mass is 580 g/mol. The Kier molecular flexibility index (Phi) is 6.31. The number of H-pyrrole nitrogens is 1. The van der Waals surface area contributed by atoms with Crippen LogP contribution < -0.4 is 15.0 Å². The lowest BCUT2D eigenvalue weighted by Gasteiger charge is -2.28. The van der Waals surface area contributed by atoms with E-state index in [2.05, 4.69) is 74.8 Å². The molecule has 0 spiro atoms. The summed E-state index contributed by atoms with van der Waals surface area (Å²) in [6, 6.07) is 22.0. The number of rotatable bonds is 5. The molecule has 5 nitrogen and oxygen atoms in total. The first-order valence-corrected chi connectivity index (χ1v) is 12.6. The van der Waals surface area contributed by atoms with Crippen LogP contribution >= 0.6 is 34.8 Å². The van der Waals surface area contributed by atoms with Crippen LogP contribution in [-0.2, 0) is 0 Å². The fraction of sp³-hybridized carbons (Fsp3) is 0.185. The molecule has 5 rings (SSSR count). The lowest BCUT2D eigenvalue weighted by molar-refractivity contribution is 0.479. The number of halogens is 1. The number of anilines is 1. The molecule has 0 amide bonds. The molecule has 3 heterocycles. The highest BCUT2D eigenvalue weighted by Gasteiger charge is 2.43. The van der Waals surface area contributed by atoms with Gasteiger partial charge in [0, 0.05) is 32.4 Å². The van der Waals surface area contributed by atoms with Gasteiger partial charge < -0.3 is 19.9 Å². The van der Waals surface area contributed by atoms with E-state index in [0.717, 1.165) is 39.8 Å². The number of thiocarbonyl (C=S) groups is 1. The second kappa shape index (κ2) is 9.38. The second-order valence-corrected chi connectivity index (χ2v) is 9.93. The van der Waals surface area contributed by atoms with Gasteiger partial charge in [-0.2, -0.15) is 0 Å². The third kappa shape index (κ3) is 4.18. The maximum Gasteiger partial charge on any atom is 0.174 e. The molecule has 4 aromatic rings. The van der Waals surface area contributed by atoms with Crippen LogP contribution in [-0.4, -0.2) is 15.1 Å². The van der Waals surface area contributed by atoms with Gasteiger partial charge >= 0.3 is 0 Å². The van der Waals surface area contributed by atoms with Crippen molar-refractivity contribution in [3.05, 3.63) is 105 Å². The summed E-state index contributed by atoms with van der Waals surface area (Å²) in [6.45, 7) is 6.28. The molecular formula is C27H25IN4OS. The Morgan fingerprint density at radius 2 is 1.68 bits per heavy atom. The summed E-state index contributed by atoms with van der Waals surface area (Å²) in [5, 5.41) is 4.22. The number of nitrogens with zero attached hydrogens (tertiary/aromatic N) is 2. The number of benzene rings is 2. The van der Waals surface area contributed by atoms with E-state index in [9.17, 15) is 0 Å². The van der Waals surface area contributed by atoms with Gasteiger partial charge in [-0.3, -0.25) is 4.98 Å². The van der Waals surface area contributed by atoms with Crippen LogP contribution in [0.1, 0.15) is 40.3 Å². The number of aromatic nitrogens is 2. The number of aromatic amines is 1. The number of hydrogen-bond donors (Lipinski definition) is 2. The predicted octanol–water partition coefficient (Wildman–Crippen LogP) is 6.91. The summed E-state index contributed by atoms with van der Waals surface area (Å²) in [4.78, 5) is 10.4. The normalized spacial score (nSPS) is 17.6. The van der Waals surface area contributed by atoms with E-state index >= 15 is 0 Å². The van der Waals surface area contributed by atoms with Crippen LogP contribution in [0.3, 0.4) is 0 Å².